The Hall–Kier alpha value is -1.69. The average molecular weight is 250 g/mol. The average Bonchev–Trinajstić information content (AvgIpc) is 2.88. The molecule has 0 amide bonds. The van der Waals surface area contributed by atoms with E-state index < -0.39 is 5.97 Å². The highest BCUT2D eigenvalue weighted by atomic mass is 16.4. The van der Waals surface area contributed by atoms with E-state index in [0.29, 0.717) is 5.82 Å². The van der Waals surface area contributed by atoms with E-state index >= 15 is 0 Å². The second-order valence-corrected chi connectivity index (χ2v) is 4.42. The molecule has 0 saturated carbocycles. The van der Waals surface area contributed by atoms with Crippen LogP contribution < -0.4 is 5.32 Å². The van der Waals surface area contributed by atoms with Crippen molar-refractivity contribution in [2.24, 2.45) is 0 Å². The van der Waals surface area contributed by atoms with Crippen LogP contribution in [0, 0.1) is 0 Å². The molecule has 1 aliphatic rings. The first-order valence-corrected chi connectivity index (χ1v) is 6.27. The van der Waals surface area contributed by atoms with Crippen LogP contribution in [0.25, 0.3) is 0 Å². The summed E-state index contributed by atoms with van der Waals surface area (Å²) >= 11 is 0. The number of hydrogen-bond acceptors (Lipinski definition) is 5. The number of rotatable bonds is 6. The van der Waals surface area contributed by atoms with Crippen molar-refractivity contribution < 1.29 is 9.90 Å². The van der Waals surface area contributed by atoms with Crippen LogP contribution >= 0.6 is 0 Å². The summed E-state index contributed by atoms with van der Waals surface area (Å²) in [7, 11) is 0. The Morgan fingerprint density at radius 2 is 2.17 bits per heavy atom. The lowest BCUT2D eigenvalue weighted by Gasteiger charge is -2.14. The van der Waals surface area contributed by atoms with Crippen molar-refractivity contribution in [1.82, 2.24) is 14.9 Å². The fourth-order valence-electron chi connectivity index (χ4n) is 2.08. The summed E-state index contributed by atoms with van der Waals surface area (Å²) in [6.07, 6.45) is 6.43. The van der Waals surface area contributed by atoms with Gasteiger partial charge in [0.25, 0.3) is 0 Å². The molecule has 1 fully saturated rings. The number of carboxylic acid groups (broad SMARTS) is 1. The number of nitrogens with zero attached hydrogens (tertiary/aromatic N) is 3. The number of aromatic carboxylic acids is 1. The van der Waals surface area contributed by atoms with Crippen molar-refractivity contribution in [2.45, 2.75) is 19.3 Å². The molecule has 0 aliphatic carbocycles. The van der Waals surface area contributed by atoms with E-state index in [4.69, 9.17) is 5.11 Å². The Morgan fingerprint density at radius 1 is 1.39 bits per heavy atom. The Balaban J connectivity index is 1.72. The van der Waals surface area contributed by atoms with E-state index in [1.54, 1.807) is 6.20 Å². The van der Waals surface area contributed by atoms with Gasteiger partial charge in [0.15, 0.2) is 5.69 Å². The molecule has 18 heavy (non-hydrogen) atoms. The maximum atomic E-state index is 10.7. The van der Waals surface area contributed by atoms with Crippen molar-refractivity contribution in [1.29, 1.82) is 0 Å². The zero-order valence-electron chi connectivity index (χ0n) is 10.3. The van der Waals surface area contributed by atoms with Gasteiger partial charge in [0.2, 0.25) is 0 Å². The van der Waals surface area contributed by atoms with Crippen LogP contribution in [0.4, 0.5) is 5.82 Å². The van der Waals surface area contributed by atoms with E-state index in [1.165, 1.54) is 32.1 Å². The molecule has 2 heterocycles. The summed E-state index contributed by atoms with van der Waals surface area (Å²) in [5.74, 6) is -0.528. The van der Waals surface area contributed by atoms with Crippen LogP contribution in [0.5, 0.6) is 0 Å². The normalized spacial score (nSPS) is 15.8. The van der Waals surface area contributed by atoms with E-state index in [-0.39, 0.29) is 5.69 Å². The molecule has 0 atom stereocenters. The SMILES string of the molecule is O=C(O)c1cncc(NCCCN2CCCC2)n1. The standard InChI is InChI=1S/C12H18N4O2/c17-12(18)10-8-13-9-11(15-10)14-4-3-7-16-5-1-2-6-16/h8-9H,1-7H2,(H,14,15)(H,17,18). The number of anilines is 1. The third-order valence-corrected chi connectivity index (χ3v) is 3.01. The second kappa shape index (κ2) is 6.30. The molecule has 0 bridgehead atoms. The van der Waals surface area contributed by atoms with Gasteiger partial charge in [-0.15, -0.1) is 0 Å². The lowest BCUT2D eigenvalue weighted by atomic mass is 10.4. The molecule has 0 radical (unpaired) electrons. The number of carboxylic acids is 1. The van der Waals surface area contributed by atoms with Gasteiger partial charge in [0, 0.05) is 6.54 Å². The molecule has 1 aliphatic heterocycles. The fourth-order valence-corrected chi connectivity index (χ4v) is 2.08. The van der Waals surface area contributed by atoms with Crippen molar-refractivity contribution in [2.75, 3.05) is 31.5 Å². The number of nitrogens with one attached hydrogen (secondary N) is 1. The molecule has 1 aromatic heterocycles. The lowest BCUT2D eigenvalue weighted by molar-refractivity contribution is 0.0690. The molecular formula is C12H18N4O2. The minimum atomic E-state index is -1.05. The number of carbonyl (C=O) groups is 1. The number of aromatic nitrogens is 2. The molecule has 0 spiro atoms. The van der Waals surface area contributed by atoms with E-state index in [1.807, 2.05) is 0 Å². The summed E-state index contributed by atoms with van der Waals surface area (Å²) in [6.45, 7) is 4.27. The first-order chi connectivity index (χ1) is 8.75. The van der Waals surface area contributed by atoms with Crippen LogP contribution in [0.2, 0.25) is 0 Å². The van der Waals surface area contributed by atoms with Crippen LogP contribution in [0.1, 0.15) is 29.8 Å². The Morgan fingerprint density at radius 3 is 2.89 bits per heavy atom. The van der Waals surface area contributed by atoms with Crippen molar-refractivity contribution in [3.8, 4) is 0 Å². The van der Waals surface area contributed by atoms with Crippen molar-refractivity contribution >= 4 is 11.8 Å². The van der Waals surface area contributed by atoms with Crippen molar-refractivity contribution in [3.05, 3.63) is 18.1 Å². The zero-order valence-corrected chi connectivity index (χ0v) is 10.3. The minimum Gasteiger partial charge on any atom is -0.476 e. The maximum Gasteiger partial charge on any atom is 0.356 e. The third kappa shape index (κ3) is 3.66. The number of likely N-dealkylation sites (tertiary alicyclic amines) is 1. The first kappa shape index (κ1) is 12.8. The summed E-state index contributed by atoms with van der Waals surface area (Å²) in [4.78, 5) is 21.0. The molecule has 0 unspecified atom stereocenters. The molecule has 2 rings (SSSR count). The monoisotopic (exact) mass is 250 g/mol. The maximum absolute atomic E-state index is 10.7. The fraction of sp³-hybridized carbons (Fsp3) is 0.583. The van der Waals surface area contributed by atoms with E-state index in [0.717, 1.165) is 19.5 Å². The first-order valence-electron chi connectivity index (χ1n) is 6.27. The summed E-state index contributed by atoms with van der Waals surface area (Å²) < 4.78 is 0. The molecule has 0 aromatic carbocycles. The van der Waals surface area contributed by atoms with E-state index in [2.05, 4.69) is 20.2 Å². The Bertz CT molecular complexity index is 405. The third-order valence-electron chi connectivity index (χ3n) is 3.01. The summed E-state index contributed by atoms with van der Waals surface area (Å²) in [6, 6.07) is 0. The number of hydrogen-bond donors (Lipinski definition) is 2. The van der Waals surface area contributed by atoms with Crippen molar-refractivity contribution in [3.63, 3.8) is 0 Å². The van der Waals surface area contributed by atoms with Crippen LogP contribution in [0.3, 0.4) is 0 Å². The van der Waals surface area contributed by atoms with Gasteiger partial charge >= 0.3 is 5.97 Å². The molecule has 98 valence electrons. The quantitative estimate of drug-likeness (QED) is 0.735. The molecule has 2 N–H and O–H groups in total. The zero-order chi connectivity index (χ0) is 12.8. The van der Waals surface area contributed by atoms with Crippen LogP contribution in [-0.4, -0.2) is 52.1 Å². The van der Waals surface area contributed by atoms with Gasteiger partial charge in [-0.05, 0) is 38.9 Å². The highest BCUT2D eigenvalue weighted by molar-refractivity contribution is 5.85. The molecule has 6 heteroatoms. The summed E-state index contributed by atoms with van der Waals surface area (Å²) in [5, 5.41) is 11.9. The highest BCUT2D eigenvalue weighted by Crippen LogP contribution is 2.07. The van der Waals surface area contributed by atoms with Gasteiger partial charge in [0.05, 0.1) is 12.4 Å². The van der Waals surface area contributed by atoms with Gasteiger partial charge in [-0.2, -0.15) is 0 Å². The van der Waals surface area contributed by atoms with Gasteiger partial charge in [-0.25, -0.2) is 9.78 Å². The molecular weight excluding hydrogens is 232 g/mol. The van der Waals surface area contributed by atoms with Gasteiger partial charge in [-0.3, -0.25) is 4.98 Å². The minimum absolute atomic E-state index is 0.0282. The molecule has 1 aromatic rings. The largest absolute Gasteiger partial charge is 0.476 e. The second-order valence-electron chi connectivity index (χ2n) is 4.42. The molecule has 1 saturated heterocycles. The lowest BCUT2D eigenvalue weighted by Crippen LogP contribution is -2.22. The van der Waals surface area contributed by atoms with Gasteiger partial charge in [0.1, 0.15) is 5.82 Å². The van der Waals surface area contributed by atoms with Crippen LogP contribution in [-0.2, 0) is 0 Å². The van der Waals surface area contributed by atoms with Crippen LogP contribution in [0.15, 0.2) is 12.4 Å². The van der Waals surface area contributed by atoms with Gasteiger partial charge in [-0.1, -0.05) is 0 Å². The molecule has 6 nitrogen and oxygen atoms in total. The predicted molar refractivity (Wildman–Crippen MR) is 67.8 cm³/mol. The topological polar surface area (TPSA) is 78.3 Å². The Kier molecular flexibility index (Phi) is 4.46. The highest BCUT2D eigenvalue weighted by Gasteiger charge is 2.10. The predicted octanol–water partition coefficient (Wildman–Crippen LogP) is 1.07. The smallest absolute Gasteiger partial charge is 0.356 e. The van der Waals surface area contributed by atoms with Gasteiger partial charge < -0.3 is 15.3 Å². The van der Waals surface area contributed by atoms with E-state index in [9.17, 15) is 4.79 Å². The summed E-state index contributed by atoms with van der Waals surface area (Å²) in [5.41, 5.74) is -0.0282. The Labute approximate surface area is 106 Å².